The van der Waals surface area contributed by atoms with Crippen LogP contribution in [0.1, 0.15) is 17.3 Å². The van der Waals surface area contributed by atoms with Crippen molar-refractivity contribution in [3.05, 3.63) is 42.5 Å². The first-order valence-corrected chi connectivity index (χ1v) is 6.31. The zero-order chi connectivity index (χ0) is 13.5. The second kappa shape index (κ2) is 6.86. The molecule has 0 spiro atoms. The summed E-state index contributed by atoms with van der Waals surface area (Å²) < 4.78 is 0. The molecule has 0 aliphatic carbocycles. The molecule has 1 aromatic rings. The molecule has 18 heavy (non-hydrogen) atoms. The Morgan fingerprint density at radius 3 is 2.89 bits per heavy atom. The lowest BCUT2D eigenvalue weighted by molar-refractivity contribution is -0.120. The van der Waals surface area contributed by atoms with Crippen LogP contribution in [0.2, 0.25) is 0 Å². The molecule has 0 aliphatic heterocycles. The number of amides is 1. The summed E-state index contributed by atoms with van der Waals surface area (Å²) in [6, 6.07) is 6.54. The minimum atomic E-state index is -0.971. The fraction of sp³-hybridized carbons (Fsp3) is 0.231. The van der Waals surface area contributed by atoms with Gasteiger partial charge in [-0.3, -0.25) is 4.79 Å². The lowest BCUT2D eigenvalue weighted by Gasteiger charge is -2.11. The first kappa shape index (κ1) is 14.3. The molecule has 1 atom stereocenters. The summed E-state index contributed by atoms with van der Waals surface area (Å²) in [6.45, 7) is 5.72. The van der Waals surface area contributed by atoms with Crippen LogP contribution in [0.5, 0.6) is 0 Å². The number of carbonyl (C=O) groups excluding carboxylic acids is 1. The third-order valence-electron chi connectivity index (χ3n) is 2.18. The van der Waals surface area contributed by atoms with Gasteiger partial charge in [0.05, 0.1) is 10.8 Å². The highest BCUT2D eigenvalue weighted by molar-refractivity contribution is 8.00. The van der Waals surface area contributed by atoms with E-state index in [0.29, 0.717) is 6.54 Å². The van der Waals surface area contributed by atoms with E-state index in [1.54, 1.807) is 31.2 Å². The van der Waals surface area contributed by atoms with Gasteiger partial charge in [-0.1, -0.05) is 12.1 Å². The quantitative estimate of drug-likeness (QED) is 0.611. The zero-order valence-electron chi connectivity index (χ0n) is 10.1. The van der Waals surface area contributed by atoms with Crippen molar-refractivity contribution in [3.8, 4) is 0 Å². The third kappa shape index (κ3) is 4.25. The molecule has 1 unspecified atom stereocenters. The second-order valence-electron chi connectivity index (χ2n) is 3.63. The van der Waals surface area contributed by atoms with E-state index < -0.39 is 5.97 Å². The smallest absolute Gasteiger partial charge is 0.335 e. The van der Waals surface area contributed by atoms with E-state index in [1.165, 1.54) is 17.8 Å². The van der Waals surface area contributed by atoms with Gasteiger partial charge in [-0.15, -0.1) is 18.3 Å². The minimum absolute atomic E-state index is 0.0966. The number of carboxylic acid groups (broad SMARTS) is 1. The number of hydrogen-bond acceptors (Lipinski definition) is 3. The molecule has 0 saturated carbocycles. The Morgan fingerprint density at radius 1 is 1.56 bits per heavy atom. The van der Waals surface area contributed by atoms with Crippen LogP contribution in [-0.2, 0) is 4.79 Å². The van der Waals surface area contributed by atoms with E-state index in [9.17, 15) is 9.59 Å². The van der Waals surface area contributed by atoms with Crippen molar-refractivity contribution in [3.63, 3.8) is 0 Å². The van der Waals surface area contributed by atoms with Gasteiger partial charge in [-0.2, -0.15) is 0 Å². The van der Waals surface area contributed by atoms with Crippen molar-refractivity contribution in [1.82, 2.24) is 5.32 Å². The molecule has 1 amide bonds. The molecule has 0 heterocycles. The molecule has 0 fully saturated rings. The Hall–Kier alpha value is -1.75. The standard InChI is InChI=1S/C13H15NO3S/c1-3-7-14-12(15)9(2)18-11-6-4-5-10(8-11)13(16)17/h3-6,8-9H,1,7H2,2H3,(H,14,15)(H,16,17). The SMILES string of the molecule is C=CCNC(=O)C(C)Sc1cccc(C(=O)O)c1. The normalized spacial score (nSPS) is 11.6. The van der Waals surface area contributed by atoms with Crippen molar-refractivity contribution in [2.45, 2.75) is 17.1 Å². The number of nitrogens with one attached hydrogen (secondary N) is 1. The van der Waals surface area contributed by atoms with Crippen molar-refractivity contribution in [1.29, 1.82) is 0 Å². The molecule has 0 bridgehead atoms. The van der Waals surface area contributed by atoms with E-state index in [0.717, 1.165) is 4.90 Å². The second-order valence-corrected chi connectivity index (χ2v) is 5.04. The first-order valence-electron chi connectivity index (χ1n) is 5.43. The number of hydrogen-bond donors (Lipinski definition) is 2. The lowest BCUT2D eigenvalue weighted by atomic mass is 10.2. The van der Waals surface area contributed by atoms with Crippen LogP contribution < -0.4 is 5.32 Å². The van der Waals surface area contributed by atoms with E-state index in [4.69, 9.17) is 5.11 Å². The molecule has 0 radical (unpaired) electrons. The van der Waals surface area contributed by atoms with E-state index in [1.807, 2.05) is 0 Å². The van der Waals surface area contributed by atoms with Crippen LogP contribution in [0.25, 0.3) is 0 Å². The van der Waals surface area contributed by atoms with E-state index >= 15 is 0 Å². The Morgan fingerprint density at radius 2 is 2.28 bits per heavy atom. The molecule has 2 N–H and O–H groups in total. The van der Waals surface area contributed by atoms with Crippen LogP contribution in [0.3, 0.4) is 0 Å². The molecular formula is C13H15NO3S. The molecular weight excluding hydrogens is 250 g/mol. The number of carbonyl (C=O) groups is 2. The lowest BCUT2D eigenvalue weighted by Crippen LogP contribution is -2.30. The predicted octanol–water partition coefficient (Wildman–Crippen LogP) is 2.17. The van der Waals surface area contributed by atoms with Gasteiger partial charge in [0.15, 0.2) is 0 Å². The van der Waals surface area contributed by atoms with Gasteiger partial charge in [0, 0.05) is 11.4 Å². The van der Waals surface area contributed by atoms with Gasteiger partial charge in [-0.25, -0.2) is 4.79 Å². The van der Waals surface area contributed by atoms with Gasteiger partial charge in [-0.05, 0) is 25.1 Å². The number of rotatable bonds is 6. The fourth-order valence-electron chi connectivity index (χ4n) is 1.28. The molecule has 4 nitrogen and oxygen atoms in total. The van der Waals surface area contributed by atoms with Gasteiger partial charge < -0.3 is 10.4 Å². The summed E-state index contributed by atoms with van der Waals surface area (Å²) in [6.07, 6.45) is 1.61. The third-order valence-corrected chi connectivity index (χ3v) is 3.28. The molecule has 1 rings (SSSR count). The Labute approximate surface area is 110 Å². The first-order chi connectivity index (χ1) is 8.54. The van der Waals surface area contributed by atoms with E-state index in [2.05, 4.69) is 11.9 Å². The van der Waals surface area contributed by atoms with Gasteiger partial charge in [0.1, 0.15) is 0 Å². The number of aromatic carboxylic acids is 1. The van der Waals surface area contributed by atoms with Gasteiger partial charge >= 0.3 is 5.97 Å². The van der Waals surface area contributed by atoms with Crippen LogP contribution in [0, 0.1) is 0 Å². The number of carboxylic acids is 1. The zero-order valence-corrected chi connectivity index (χ0v) is 10.9. The summed E-state index contributed by atoms with van der Waals surface area (Å²) in [5.41, 5.74) is 0.221. The highest BCUT2D eigenvalue weighted by Gasteiger charge is 2.14. The summed E-state index contributed by atoms with van der Waals surface area (Å²) >= 11 is 1.32. The van der Waals surface area contributed by atoms with Crippen molar-refractivity contribution in [2.24, 2.45) is 0 Å². The van der Waals surface area contributed by atoms with Crippen molar-refractivity contribution < 1.29 is 14.7 Å². The Balaban J connectivity index is 2.66. The molecule has 96 valence electrons. The van der Waals surface area contributed by atoms with Crippen LogP contribution >= 0.6 is 11.8 Å². The van der Waals surface area contributed by atoms with Crippen LogP contribution in [0.15, 0.2) is 41.8 Å². The maximum atomic E-state index is 11.6. The fourth-order valence-corrected chi connectivity index (χ4v) is 2.23. The summed E-state index contributed by atoms with van der Waals surface area (Å²) in [5, 5.41) is 11.3. The molecule has 0 aliphatic rings. The highest BCUT2D eigenvalue weighted by atomic mass is 32.2. The number of thioether (sulfide) groups is 1. The molecule has 5 heteroatoms. The summed E-state index contributed by atoms with van der Waals surface area (Å²) in [7, 11) is 0. The largest absolute Gasteiger partial charge is 0.478 e. The Kier molecular flexibility index (Phi) is 5.45. The maximum absolute atomic E-state index is 11.6. The Bertz CT molecular complexity index is 459. The van der Waals surface area contributed by atoms with E-state index in [-0.39, 0.29) is 16.7 Å². The van der Waals surface area contributed by atoms with Gasteiger partial charge in [0.25, 0.3) is 0 Å². The van der Waals surface area contributed by atoms with Gasteiger partial charge in [0.2, 0.25) is 5.91 Å². The van der Waals surface area contributed by atoms with Crippen LogP contribution in [-0.4, -0.2) is 28.8 Å². The van der Waals surface area contributed by atoms with Crippen molar-refractivity contribution >= 4 is 23.6 Å². The van der Waals surface area contributed by atoms with Crippen molar-refractivity contribution in [2.75, 3.05) is 6.54 Å². The average Bonchev–Trinajstić information content (AvgIpc) is 2.36. The topological polar surface area (TPSA) is 66.4 Å². The molecule has 0 aromatic heterocycles. The molecule has 1 aromatic carbocycles. The maximum Gasteiger partial charge on any atom is 0.335 e. The number of benzene rings is 1. The van der Waals surface area contributed by atoms with Crippen LogP contribution in [0.4, 0.5) is 0 Å². The monoisotopic (exact) mass is 265 g/mol. The summed E-state index contributed by atoms with van der Waals surface area (Å²) in [5.74, 6) is -1.07. The molecule has 0 saturated heterocycles. The highest BCUT2D eigenvalue weighted by Crippen LogP contribution is 2.24. The summed E-state index contributed by atoms with van der Waals surface area (Å²) in [4.78, 5) is 23.2. The average molecular weight is 265 g/mol. The minimum Gasteiger partial charge on any atom is -0.478 e. The predicted molar refractivity (Wildman–Crippen MR) is 71.9 cm³/mol.